The standard InChI is InChI=1S/C14H12Cl2FNO2S/c15-11-6-5-10(12(16)9-11)7-8-18-21(19,20)14-4-2-1-3-13(14)17/h1-6,9,18H,7-8H2. The summed E-state index contributed by atoms with van der Waals surface area (Å²) < 4.78 is 39.8. The Labute approximate surface area is 132 Å². The summed E-state index contributed by atoms with van der Waals surface area (Å²) in [5.41, 5.74) is 0.761. The Balaban J connectivity index is 2.04. The van der Waals surface area contributed by atoms with Gasteiger partial charge in [-0.25, -0.2) is 17.5 Å². The smallest absolute Gasteiger partial charge is 0.211 e. The Kier molecular flexibility index (Phi) is 5.22. The number of sulfonamides is 1. The van der Waals surface area contributed by atoms with Gasteiger partial charge in [-0.2, -0.15) is 0 Å². The van der Waals surface area contributed by atoms with E-state index in [1.165, 1.54) is 18.2 Å². The molecule has 0 bridgehead atoms. The minimum Gasteiger partial charge on any atom is -0.211 e. The van der Waals surface area contributed by atoms with Crippen LogP contribution in [0.3, 0.4) is 0 Å². The molecule has 21 heavy (non-hydrogen) atoms. The highest BCUT2D eigenvalue weighted by Gasteiger charge is 2.17. The molecule has 0 saturated heterocycles. The lowest BCUT2D eigenvalue weighted by Crippen LogP contribution is -2.26. The molecule has 0 fully saturated rings. The van der Waals surface area contributed by atoms with Crippen molar-refractivity contribution < 1.29 is 12.8 Å². The van der Waals surface area contributed by atoms with Crippen LogP contribution in [0.25, 0.3) is 0 Å². The first-order valence-corrected chi connectivity index (χ1v) is 8.32. The minimum absolute atomic E-state index is 0.109. The van der Waals surface area contributed by atoms with Crippen LogP contribution in [0.4, 0.5) is 4.39 Å². The van der Waals surface area contributed by atoms with Crippen molar-refractivity contribution in [3.63, 3.8) is 0 Å². The third kappa shape index (κ3) is 4.17. The van der Waals surface area contributed by atoms with Gasteiger partial charge in [-0.1, -0.05) is 41.4 Å². The summed E-state index contributed by atoms with van der Waals surface area (Å²) in [6.45, 7) is 0.109. The lowest BCUT2D eigenvalue weighted by Gasteiger charge is -2.08. The SMILES string of the molecule is O=S(=O)(NCCc1ccc(Cl)cc1Cl)c1ccccc1F. The number of nitrogens with one attached hydrogen (secondary N) is 1. The molecule has 3 nitrogen and oxygen atoms in total. The molecule has 0 heterocycles. The zero-order valence-corrected chi connectivity index (χ0v) is 13.1. The molecule has 2 aromatic carbocycles. The number of hydrogen-bond acceptors (Lipinski definition) is 2. The van der Waals surface area contributed by atoms with Gasteiger partial charge in [-0.15, -0.1) is 0 Å². The molecule has 0 aliphatic carbocycles. The Morgan fingerprint density at radius 2 is 1.81 bits per heavy atom. The van der Waals surface area contributed by atoms with Crippen LogP contribution < -0.4 is 4.72 Å². The molecular formula is C14H12Cl2FNO2S. The molecule has 0 amide bonds. The van der Waals surface area contributed by atoms with Gasteiger partial charge in [0.05, 0.1) is 0 Å². The molecule has 0 aliphatic rings. The summed E-state index contributed by atoms with van der Waals surface area (Å²) in [7, 11) is -3.88. The fraction of sp³-hybridized carbons (Fsp3) is 0.143. The Bertz CT molecular complexity index is 750. The van der Waals surface area contributed by atoms with Gasteiger partial charge in [0, 0.05) is 16.6 Å². The third-order valence-corrected chi connectivity index (χ3v) is 4.91. The van der Waals surface area contributed by atoms with E-state index in [1.807, 2.05) is 0 Å². The maximum absolute atomic E-state index is 13.5. The lowest BCUT2D eigenvalue weighted by molar-refractivity contribution is 0.557. The highest BCUT2D eigenvalue weighted by atomic mass is 35.5. The first kappa shape index (κ1) is 16.2. The van der Waals surface area contributed by atoms with Gasteiger partial charge >= 0.3 is 0 Å². The number of halogens is 3. The monoisotopic (exact) mass is 347 g/mol. The number of hydrogen-bond donors (Lipinski definition) is 1. The zero-order chi connectivity index (χ0) is 15.5. The van der Waals surface area contributed by atoms with Crippen LogP contribution in [-0.4, -0.2) is 15.0 Å². The van der Waals surface area contributed by atoms with Crippen molar-refractivity contribution in [3.05, 3.63) is 63.9 Å². The van der Waals surface area contributed by atoms with Crippen LogP contribution in [-0.2, 0) is 16.4 Å². The quantitative estimate of drug-likeness (QED) is 0.897. The molecular weight excluding hydrogens is 336 g/mol. The lowest BCUT2D eigenvalue weighted by atomic mass is 10.1. The van der Waals surface area contributed by atoms with Crippen LogP contribution in [0.5, 0.6) is 0 Å². The van der Waals surface area contributed by atoms with E-state index in [-0.39, 0.29) is 11.4 Å². The maximum Gasteiger partial charge on any atom is 0.243 e. The van der Waals surface area contributed by atoms with Gasteiger partial charge in [0.25, 0.3) is 0 Å². The first-order valence-electron chi connectivity index (χ1n) is 6.08. The predicted molar refractivity (Wildman–Crippen MR) is 81.8 cm³/mol. The van der Waals surface area contributed by atoms with Gasteiger partial charge in [0.2, 0.25) is 10.0 Å². The van der Waals surface area contributed by atoms with Crippen molar-refractivity contribution in [3.8, 4) is 0 Å². The average molecular weight is 348 g/mol. The van der Waals surface area contributed by atoms with Gasteiger partial charge < -0.3 is 0 Å². The molecule has 2 aromatic rings. The first-order chi connectivity index (χ1) is 9.90. The average Bonchev–Trinajstić information content (AvgIpc) is 2.41. The summed E-state index contributed by atoms with van der Waals surface area (Å²) in [6, 6.07) is 10.2. The molecule has 0 atom stereocenters. The molecule has 112 valence electrons. The van der Waals surface area contributed by atoms with Crippen molar-refractivity contribution in [1.29, 1.82) is 0 Å². The second-order valence-corrected chi connectivity index (χ2v) is 6.89. The second-order valence-electron chi connectivity index (χ2n) is 4.31. The predicted octanol–water partition coefficient (Wildman–Crippen LogP) is 3.65. The Hall–Kier alpha value is -1.14. The third-order valence-electron chi connectivity index (χ3n) is 2.83. The van der Waals surface area contributed by atoms with Crippen molar-refractivity contribution >= 4 is 33.2 Å². The summed E-state index contributed by atoms with van der Waals surface area (Å²) in [6.07, 6.45) is 0.379. The molecule has 0 aromatic heterocycles. The Morgan fingerprint density at radius 1 is 1.10 bits per heavy atom. The summed E-state index contributed by atoms with van der Waals surface area (Å²) in [5, 5.41) is 0.975. The van der Waals surface area contributed by atoms with E-state index < -0.39 is 15.8 Å². The number of benzene rings is 2. The van der Waals surface area contributed by atoms with Gasteiger partial charge in [0.15, 0.2) is 0 Å². The van der Waals surface area contributed by atoms with Crippen molar-refractivity contribution in [1.82, 2.24) is 4.72 Å². The summed E-state index contributed by atoms with van der Waals surface area (Å²) >= 11 is 11.8. The van der Waals surface area contributed by atoms with Gasteiger partial charge in [-0.3, -0.25) is 0 Å². The fourth-order valence-corrected chi connectivity index (χ4v) is 3.40. The minimum atomic E-state index is -3.88. The van der Waals surface area contributed by atoms with Crippen molar-refractivity contribution in [2.24, 2.45) is 0 Å². The van der Waals surface area contributed by atoms with Crippen LogP contribution in [0, 0.1) is 5.82 Å². The molecule has 0 aliphatic heterocycles. The van der Waals surface area contributed by atoms with E-state index in [4.69, 9.17) is 23.2 Å². The van der Waals surface area contributed by atoms with E-state index in [0.717, 1.165) is 11.6 Å². The summed E-state index contributed by atoms with van der Waals surface area (Å²) in [4.78, 5) is -0.368. The molecule has 0 radical (unpaired) electrons. The maximum atomic E-state index is 13.5. The summed E-state index contributed by atoms with van der Waals surface area (Å²) in [5.74, 6) is -0.783. The molecule has 0 saturated carbocycles. The Morgan fingerprint density at radius 3 is 2.48 bits per heavy atom. The highest BCUT2D eigenvalue weighted by molar-refractivity contribution is 7.89. The molecule has 2 rings (SSSR count). The van der Waals surface area contributed by atoms with Gasteiger partial charge in [-0.05, 0) is 36.2 Å². The van der Waals surface area contributed by atoms with Crippen molar-refractivity contribution in [2.75, 3.05) is 6.54 Å². The van der Waals surface area contributed by atoms with E-state index in [0.29, 0.717) is 16.5 Å². The van der Waals surface area contributed by atoms with E-state index in [9.17, 15) is 12.8 Å². The topological polar surface area (TPSA) is 46.2 Å². The zero-order valence-electron chi connectivity index (χ0n) is 10.8. The van der Waals surface area contributed by atoms with Gasteiger partial charge in [0.1, 0.15) is 10.7 Å². The molecule has 1 N–H and O–H groups in total. The normalized spacial score (nSPS) is 11.6. The van der Waals surface area contributed by atoms with E-state index in [1.54, 1.807) is 18.2 Å². The van der Waals surface area contributed by atoms with Crippen LogP contribution >= 0.6 is 23.2 Å². The highest BCUT2D eigenvalue weighted by Crippen LogP contribution is 2.21. The van der Waals surface area contributed by atoms with Crippen molar-refractivity contribution in [2.45, 2.75) is 11.3 Å². The molecule has 0 unspecified atom stereocenters. The largest absolute Gasteiger partial charge is 0.243 e. The molecule has 0 spiro atoms. The fourth-order valence-electron chi connectivity index (χ4n) is 1.78. The second kappa shape index (κ2) is 6.75. The van der Waals surface area contributed by atoms with Crippen LogP contribution in [0.15, 0.2) is 47.4 Å². The van der Waals surface area contributed by atoms with E-state index in [2.05, 4.69) is 4.72 Å². The van der Waals surface area contributed by atoms with Crippen LogP contribution in [0.2, 0.25) is 10.0 Å². The molecule has 7 heteroatoms. The number of rotatable bonds is 5. The van der Waals surface area contributed by atoms with Crippen LogP contribution in [0.1, 0.15) is 5.56 Å². The van der Waals surface area contributed by atoms with E-state index >= 15 is 0 Å².